The van der Waals surface area contributed by atoms with E-state index in [-0.39, 0.29) is 24.5 Å². The van der Waals surface area contributed by atoms with Crippen molar-refractivity contribution in [1.29, 1.82) is 0 Å². The summed E-state index contributed by atoms with van der Waals surface area (Å²) in [4.78, 5) is 38.9. The summed E-state index contributed by atoms with van der Waals surface area (Å²) in [6.45, 7) is 1.08. The van der Waals surface area contributed by atoms with Crippen molar-refractivity contribution in [3.8, 4) is 11.1 Å². The lowest BCUT2D eigenvalue weighted by atomic mass is 9.80. The van der Waals surface area contributed by atoms with E-state index in [1.807, 2.05) is 48.5 Å². The number of ether oxygens (including phenoxy) is 1. The Labute approximate surface area is 203 Å². The summed E-state index contributed by atoms with van der Waals surface area (Å²) in [6, 6.07) is 14.8. The summed E-state index contributed by atoms with van der Waals surface area (Å²) in [7, 11) is 0. The number of fused-ring (bicyclic) bond motifs is 4. The van der Waals surface area contributed by atoms with Gasteiger partial charge in [0.1, 0.15) is 12.6 Å². The van der Waals surface area contributed by atoms with Gasteiger partial charge in [-0.2, -0.15) is 0 Å². The number of aliphatic hydroxyl groups excluding tert-OH is 1. The third-order valence-electron chi connectivity index (χ3n) is 7.65. The molecule has 8 nitrogen and oxygen atoms in total. The zero-order chi connectivity index (χ0) is 24.5. The Morgan fingerprint density at radius 2 is 1.60 bits per heavy atom. The fraction of sp³-hybridized carbons (Fsp3) is 0.444. The van der Waals surface area contributed by atoms with Gasteiger partial charge < -0.3 is 25.2 Å². The van der Waals surface area contributed by atoms with Gasteiger partial charge in [0.25, 0.3) is 0 Å². The zero-order valence-corrected chi connectivity index (χ0v) is 19.4. The molecule has 2 amide bonds. The van der Waals surface area contributed by atoms with Crippen LogP contribution < -0.4 is 5.32 Å². The van der Waals surface area contributed by atoms with Crippen LogP contribution in [0.4, 0.5) is 4.79 Å². The third-order valence-corrected chi connectivity index (χ3v) is 7.65. The summed E-state index contributed by atoms with van der Waals surface area (Å²) in [5, 5.41) is 21.8. The SMILES string of the molecule is O=C(O)CC(NC(=O)OCC1c2ccccc2-c2ccccc21)C(=O)N1CC2CCC(O)CC2C1. The van der Waals surface area contributed by atoms with Crippen molar-refractivity contribution < 1.29 is 29.3 Å². The van der Waals surface area contributed by atoms with Gasteiger partial charge in [-0.3, -0.25) is 9.59 Å². The average molecular weight is 479 g/mol. The second-order valence-corrected chi connectivity index (χ2v) is 9.85. The topological polar surface area (TPSA) is 116 Å². The molecule has 0 spiro atoms. The van der Waals surface area contributed by atoms with Crippen molar-refractivity contribution in [1.82, 2.24) is 10.2 Å². The van der Waals surface area contributed by atoms with Crippen LogP contribution in [0.3, 0.4) is 0 Å². The molecule has 4 unspecified atom stereocenters. The van der Waals surface area contributed by atoms with Gasteiger partial charge in [0.15, 0.2) is 0 Å². The van der Waals surface area contributed by atoms with Crippen molar-refractivity contribution in [2.45, 2.75) is 43.7 Å². The molecule has 0 aromatic heterocycles. The number of alkyl carbamates (subject to hydrolysis) is 1. The highest BCUT2D eigenvalue weighted by molar-refractivity contribution is 5.89. The number of carbonyl (C=O) groups excluding carboxylic acids is 2. The number of rotatable bonds is 6. The van der Waals surface area contributed by atoms with Crippen LogP contribution in [0.25, 0.3) is 11.1 Å². The van der Waals surface area contributed by atoms with Crippen LogP contribution in [-0.4, -0.2) is 64.9 Å². The molecule has 3 aliphatic rings. The summed E-state index contributed by atoms with van der Waals surface area (Å²) >= 11 is 0. The first-order valence-corrected chi connectivity index (χ1v) is 12.2. The Morgan fingerprint density at radius 3 is 2.26 bits per heavy atom. The summed E-state index contributed by atoms with van der Waals surface area (Å²) in [6.07, 6.45) is 0.548. The number of carboxylic acids is 1. The number of nitrogens with one attached hydrogen (secondary N) is 1. The monoisotopic (exact) mass is 478 g/mol. The molecule has 1 saturated carbocycles. The Bertz CT molecular complexity index is 1090. The van der Waals surface area contributed by atoms with E-state index < -0.39 is 30.4 Å². The van der Waals surface area contributed by atoms with Gasteiger partial charge in [-0.05, 0) is 53.4 Å². The van der Waals surface area contributed by atoms with Gasteiger partial charge in [0, 0.05) is 19.0 Å². The summed E-state index contributed by atoms with van der Waals surface area (Å²) < 4.78 is 5.53. The first-order chi connectivity index (χ1) is 16.9. The molecule has 35 heavy (non-hydrogen) atoms. The Balaban J connectivity index is 1.24. The van der Waals surface area contributed by atoms with Crippen molar-refractivity contribution in [3.05, 3.63) is 59.7 Å². The van der Waals surface area contributed by atoms with Gasteiger partial charge in [-0.15, -0.1) is 0 Å². The predicted octanol–water partition coefficient (Wildman–Crippen LogP) is 2.99. The van der Waals surface area contributed by atoms with Gasteiger partial charge >= 0.3 is 12.1 Å². The van der Waals surface area contributed by atoms with Crippen LogP contribution in [0.15, 0.2) is 48.5 Å². The zero-order valence-electron chi connectivity index (χ0n) is 19.4. The van der Waals surface area contributed by atoms with Crippen molar-refractivity contribution in [2.24, 2.45) is 11.8 Å². The number of carbonyl (C=O) groups is 3. The molecule has 4 atom stereocenters. The van der Waals surface area contributed by atoms with Crippen molar-refractivity contribution >= 4 is 18.0 Å². The van der Waals surface area contributed by atoms with Crippen LogP contribution in [-0.2, 0) is 14.3 Å². The predicted molar refractivity (Wildman–Crippen MR) is 128 cm³/mol. The number of amides is 2. The molecule has 1 aliphatic heterocycles. The van der Waals surface area contributed by atoms with E-state index in [4.69, 9.17) is 4.74 Å². The third kappa shape index (κ3) is 4.75. The maximum absolute atomic E-state index is 13.2. The van der Waals surface area contributed by atoms with Gasteiger partial charge in [-0.25, -0.2) is 4.79 Å². The second-order valence-electron chi connectivity index (χ2n) is 9.85. The smallest absolute Gasteiger partial charge is 0.407 e. The second kappa shape index (κ2) is 9.70. The molecule has 2 aromatic rings. The van der Waals surface area contributed by atoms with Crippen molar-refractivity contribution in [3.63, 3.8) is 0 Å². The Morgan fingerprint density at radius 1 is 0.971 bits per heavy atom. The maximum atomic E-state index is 13.2. The number of likely N-dealkylation sites (tertiary alicyclic amines) is 1. The van der Waals surface area contributed by atoms with Gasteiger partial charge in [-0.1, -0.05) is 48.5 Å². The van der Waals surface area contributed by atoms with Gasteiger partial charge in [0.2, 0.25) is 5.91 Å². The lowest BCUT2D eigenvalue weighted by Gasteiger charge is -2.27. The molecule has 5 rings (SSSR count). The normalized spacial score (nSPS) is 23.7. The molecule has 184 valence electrons. The highest BCUT2D eigenvalue weighted by Gasteiger charge is 2.41. The number of hydrogen-bond acceptors (Lipinski definition) is 5. The van der Waals surface area contributed by atoms with Gasteiger partial charge in [0.05, 0.1) is 12.5 Å². The molecule has 1 heterocycles. The lowest BCUT2D eigenvalue weighted by Crippen LogP contribution is -2.49. The fourth-order valence-corrected chi connectivity index (χ4v) is 5.96. The number of nitrogens with zero attached hydrogens (tertiary/aromatic N) is 1. The largest absolute Gasteiger partial charge is 0.481 e. The lowest BCUT2D eigenvalue weighted by molar-refractivity contribution is -0.142. The highest BCUT2D eigenvalue weighted by atomic mass is 16.5. The maximum Gasteiger partial charge on any atom is 0.407 e. The van der Waals surface area contributed by atoms with E-state index in [9.17, 15) is 24.6 Å². The van der Waals surface area contributed by atoms with E-state index >= 15 is 0 Å². The minimum atomic E-state index is -1.20. The Hall–Kier alpha value is -3.39. The Kier molecular flexibility index (Phi) is 6.47. The molecule has 8 heteroatoms. The quantitative estimate of drug-likeness (QED) is 0.588. The van der Waals surface area contributed by atoms with Crippen LogP contribution in [0.1, 0.15) is 42.7 Å². The fourth-order valence-electron chi connectivity index (χ4n) is 5.96. The van der Waals surface area contributed by atoms with Crippen LogP contribution >= 0.6 is 0 Å². The molecular weight excluding hydrogens is 448 g/mol. The average Bonchev–Trinajstić information content (AvgIpc) is 3.40. The van der Waals surface area contributed by atoms with Crippen LogP contribution in [0.5, 0.6) is 0 Å². The van der Waals surface area contributed by atoms with Crippen molar-refractivity contribution in [2.75, 3.05) is 19.7 Å². The molecule has 2 aliphatic carbocycles. The molecule has 2 fully saturated rings. The van der Waals surface area contributed by atoms with Crippen LogP contribution in [0.2, 0.25) is 0 Å². The summed E-state index contributed by atoms with van der Waals surface area (Å²) in [5.41, 5.74) is 4.36. The minimum absolute atomic E-state index is 0.0829. The number of benzene rings is 2. The van der Waals surface area contributed by atoms with E-state index in [0.29, 0.717) is 25.4 Å². The standard InChI is InChI=1S/C27H30N2O6/c30-18-10-9-16-13-29(14-17(16)11-18)26(33)24(12-25(31)32)28-27(34)35-15-23-21-7-3-1-5-19(21)20-6-2-4-8-22(20)23/h1-8,16-18,23-24,30H,9-15H2,(H,28,34)(H,31,32). The number of hydrogen-bond donors (Lipinski definition) is 3. The number of aliphatic carboxylic acids is 1. The molecular formula is C27H30N2O6. The first-order valence-electron chi connectivity index (χ1n) is 12.2. The highest BCUT2D eigenvalue weighted by Crippen LogP contribution is 2.44. The van der Waals surface area contributed by atoms with Crippen LogP contribution in [0, 0.1) is 11.8 Å². The molecule has 0 radical (unpaired) electrons. The molecule has 0 bridgehead atoms. The molecule has 2 aromatic carbocycles. The van der Waals surface area contributed by atoms with E-state index in [1.54, 1.807) is 4.90 Å². The van der Waals surface area contributed by atoms with E-state index in [0.717, 1.165) is 35.1 Å². The number of aliphatic hydroxyl groups is 1. The number of carboxylic acid groups (broad SMARTS) is 1. The van der Waals surface area contributed by atoms with E-state index in [2.05, 4.69) is 5.32 Å². The summed E-state index contributed by atoms with van der Waals surface area (Å²) in [5.74, 6) is -1.20. The van der Waals surface area contributed by atoms with E-state index in [1.165, 1.54) is 0 Å². The first kappa shape index (κ1) is 23.4. The molecule has 1 saturated heterocycles. The minimum Gasteiger partial charge on any atom is -0.481 e. The molecule has 3 N–H and O–H groups in total.